The molecule has 20 heavy (non-hydrogen) atoms. The third kappa shape index (κ3) is 2.17. The summed E-state index contributed by atoms with van der Waals surface area (Å²) in [5, 5.41) is 13.7. The van der Waals surface area contributed by atoms with E-state index in [2.05, 4.69) is 10.3 Å². The minimum absolute atomic E-state index is 0.301. The number of anilines is 2. The summed E-state index contributed by atoms with van der Waals surface area (Å²) in [5.41, 5.74) is 1.44. The molecule has 4 heteroatoms. The Morgan fingerprint density at radius 3 is 2.80 bits per heavy atom. The Balaban J connectivity index is 2.04. The minimum atomic E-state index is -0.449. The average Bonchev–Trinajstić information content (AvgIpc) is 2.49. The van der Waals surface area contributed by atoms with Gasteiger partial charge in [0.25, 0.3) is 0 Å². The van der Waals surface area contributed by atoms with Crippen LogP contribution in [-0.2, 0) is 0 Å². The molecule has 0 amide bonds. The fourth-order valence-electron chi connectivity index (χ4n) is 2.06. The molecule has 2 aromatic carbocycles. The molecular formula is C16H10FN3. The lowest BCUT2D eigenvalue weighted by atomic mass is 10.1. The molecule has 0 atom stereocenters. The summed E-state index contributed by atoms with van der Waals surface area (Å²) in [7, 11) is 0. The van der Waals surface area contributed by atoms with E-state index in [1.165, 1.54) is 6.07 Å². The Kier molecular flexibility index (Phi) is 3.02. The predicted molar refractivity (Wildman–Crippen MR) is 76.1 cm³/mol. The van der Waals surface area contributed by atoms with Crippen molar-refractivity contribution < 1.29 is 4.39 Å². The lowest BCUT2D eigenvalue weighted by Gasteiger charge is -2.10. The molecule has 0 aliphatic carbocycles. The Bertz CT molecular complexity index is 816. The first-order valence-corrected chi connectivity index (χ1v) is 6.07. The lowest BCUT2D eigenvalue weighted by molar-refractivity contribution is 0.631. The summed E-state index contributed by atoms with van der Waals surface area (Å²) < 4.78 is 13.9. The molecule has 3 nitrogen and oxygen atoms in total. The zero-order valence-corrected chi connectivity index (χ0v) is 10.5. The largest absolute Gasteiger partial charge is 0.353 e. The minimum Gasteiger partial charge on any atom is -0.353 e. The molecule has 0 saturated heterocycles. The molecule has 0 aliphatic heterocycles. The molecule has 96 valence electrons. The standard InChI is InChI=1S/C16H10FN3/c17-14-8-11(9-18)4-5-16(14)20-15-3-1-2-12-10-19-7-6-13(12)15/h1-8,10,20H. The molecule has 0 spiro atoms. The number of halogens is 1. The van der Waals surface area contributed by atoms with Gasteiger partial charge in [-0.1, -0.05) is 12.1 Å². The van der Waals surface area contributed by atoms with Gasteiger partial charge >= 0.3 is 0 Å². The van der Waals surface area contributed by atoms with Crippen LogP contribution in [0.4, 0.5) is 15.8 Å². The van der Waals surface area contributed by atoms with Gasteiger partial charge in [0.15, 0.2) is 0 Å². The second-order valence-corrected chi connectivity index (χ2v) is 4.33. The highest BCUT2D eigenvalue weighted by molar-refractivity contribution is 5.94. The first-order chi connectivity index (χ1) is 9.78. The van der Waals surface area contributed by atoms with Crippen molar-refractivity contribution in [2.75, 3.05) is 5.32 Å². The topological polar surface area (TPSA) is 48.7 Å². The quantitative estimate of drug-likeness (QED) is 0.760. The van der Waals surface area contributed by atoms with E-state index >= 15 is 0 Å². The van der Waals surface area contributed by atoms with Crippen LogP contribution >= 0.6 is 0 Å². The molecule has 0 fully saturated rings. The number of rotatable bonds is 2. The van der Waals surface area contributed by atoms with Crippen LogP contribution in [0.5, 0.6) is 0 Å². The summed E-state index contributed by atoms with van der Waals surface area (Å²) in [6, 6.07) is 13.9. The average molecular weight is 263 g/mol. The van der Waals surface area contributed by atoms with E-state index in [1.54, 1.807) is 24.5 Å². The van der Waals surface area contributed by atoms with Crippen LogP contribution in [0.25, 0.3) is 10.8 Å². The molecule has 0 saturated carbocycles. The molecule has 0 radical (unpaired) electrons. The molecule has 0 aliphatic rings. The molecule has 3 aromatic rings. The second kappa shape index (κ2) is 4.98. The van der Waals surface area contributed by atoms with Crippen LogP contribution < -0.4 is 5.32 Å². The number of hydrogen-bond donors (Lipinski definition) is 1. The Hall–Kier alpha value is -2.93. The van der Waals surface area contributed by atoms with Crippen molar-refractivity contribution >= 4 is 22.1 Å². The van der Waals surface area contributed by atoms with E-state index in [1.807, 2.05) is 30.3 Å². The van der Waals surface area contributed by atoms with Crippen molar-refractivity contribution in [2.45, 2.75) is 0 Å². The monoisotopic (exact) mass is 263 g/mol. The summed E-state index contributed by atoms with van der Waals surface area (Å²) in [4.78, 5) is 4.06. The van der Waals surface area contributed by atoms with Crippen molar-refractivity contribution in [3.8, 4) is 6.07 Å². The number of benzene rings is 2. The second-order valence-electron chi connectivity index (χ2n) is 4.33. The maximum absolute atomic E-state index is 13.9. The van der Waals surface area contributed by atoms with E-state index in [0.717, 1.165) is 16.5 Å². The zero-order valence-electron chi connectivity index (χ0n) is 10.5. The van der Waals surface area contributed by atoms with Gasteiger partial charge in [-0.15, -0.1) is 0 Å². The number of fused-ring (bicyclic) bond motifs is 1. The van der Waals surface area contributed by atoms with Crippen LogP contribution in [0.1, 0.15) is 5.56 Å². The maximum atomic E-state index is 13.9. The number of nitriles is 1. The van der Waals surface area contributed by atoms with Crippen molar-refractivity contribution in [3.05, 3.63) is 66.2 Å². The summed E-state index contributed by atoms with van der Waals surface area (Å²) >= 11 is 0. The highest BCUT2D eigenvalue weighted by atomic mass is 19.1. The Morgan fingerprint density at radius 2 is 2.00 bits per heavy atom. The molecule has 1 heterocycles. The van der Waals surface area contributed by atoms with Crippen LogP contribution in [0.2, 0.25) is 0 Å². The number of hydrogen-bond acceptors (Lipinski definition) is 3. The van der Waals surface area contributed by atoms with Gasteiger partial charge in [-0.05, 0) is 30.3 Å². The van der Waals surface area contributed by atoms with Crippen LogP contribution in [0.3, 0.4) is 0 Å². The first kappa shape index (κ1) is 12.1. The number of aromatic nitrogens is 1. The first-order valence-electron chi connectivity index (χ1n) is 6.07. The summed E-state index contributed by atoms with van der Waals surface area (Å²) in [5.74, 6) is -0.449. The molecular weight excluding hydrogens is 253 g/mol. The van der Waals surface area contributed by atoms with Gasteiger partial charge in [-0.2, -0.15) is 5.26 Å². The number of nitrogens with zero attached hydrogens (tertiary/aromatic N) is 2. The van der Waals surface area contributed by atoms with Crippen LogP contribution in [0, 0.1) is 17.1 Å². The van der Waals surface area contributed by atoms with Crippen molar-refractivity contribution in [3.63, 3.8) is 0 Å². The number of nitrogens with one attached hydrogen (secondary N) is 1. The molecule has 1 N–H and O–H groups in total. The SMILES string of the molecule is N#Cc1ccc(Nc2cccc3cnccc23)c(F)c1. The highest BCUT2D eigenvalue weighted by Gasteiger charge is 2.06. The fourth-order valence-corrected chi connectivity index (χ4v) is 2.06. The van der Waals surface area contributed by atoms with Gasteiger partial charge in [0.1, 0.15) is 5.82 Å². The van der Waals surface area contributed by atoms with Crippen molar-refractivity contribution in [2.24, 2.45) is 0 Å². The van der Waals surface area contributed by atoms with Gasteiger partial charge in [-0.3, -0.25) is 4.98 Å². The van der Waals surface area contributed by atoms with Gasteiger partial charge in [0.2, 0.25) is 0 Å². The van der Waals surface area contributed by atoms with Gasteiger partial charge in [-0.25, -0.2) is 4.39 Å². The molecule has 3 rings (SSSR count). The van der Waals surface area contributed by atoms with Gasteiger partial charge in [0.05, 0.1) is 17.3 Å². The Labute approximate surface area is 115 Å². The Morgan fingerprint density at radius 1 is 1.10 bits per heavy atom. The number of pyridine rings is 1. The summed E-state index contributed by atoms with van der Waals surface area (Å²) in [6.07, 6.45) is 3.46. The highest BCUT2D eigenvalue weighted by Crippen LogP contribution is 2.27. The third-order valence-corrected chi connectivity index (χ3v) is 3.05. The van der Waals surface area contributed by atoms with E-state index in [9.17, 15) is 4.39 Å². The van der Waals surface area contributed by atoms with Crippen molar-refractivity contribution in [1.29, 1.82) is 5.26 Å². The molecule has 1 aromatic heterocycles. The third-order valence-electron chi connectivity index (χ3n) is 3.05. The van der Waals surface area contributed by atoms with Gasteiger partial charge in [0, 0.05) is 28.9 Å². The van der Waals surface area contributed by atoms with E-state index in [-0.39, 0.29) is 0 Å². The van der Waals surface area contributed by atoms with E-state index < -0.39 is 5.82 Å². The van der Waals surface area contributed by atoms with E-state index in [4.69, 9.17) is 5.26 Å². The smallest absolute Gasteiger partial charge is 0.147 e. The predicted octanol–water partition coefficient (Wildman–Crippen LogP) is 3.99. The molecule has 0 bridgehead atoms. The fraction of sp³-hybridized carbons (Fsp3) is 0. The molecule has 0 unspecified atom stereocenters. The summed E-state index contributed by atoms with van der Waals surface area (Å²) in [6.45, 7) is 0. The maximum Gasteiger partial charge on any atom is 0.147 e. The van der Waals surface area contributed by atoms with E-state index in [0.29, 0.717) is 11.3 Å². The van der Waals surface area contributed by atoms with Crippen LogP contribution in [0.15, 0.2) is 54.9 Å². The van der Waals surface area contributed by atoms with Crippen molar-refractivity contribution in [1.82, 2.24) is 4.98 Å². The van der Waals surface area contributed by atoms with Crippen LogP contribution in [-0.4, -0.2) is 4.98 Å². The lowest BCUT2D eigenvalue weighted by Crippen LogP contribution is -1.95. The van der Waals surface area contributed by atoms with Gasteiger partial charge < -0.3 is 5.32 Å². The normalized spacial score (nSPS) is 10.2. The zero-order chi connectivity index (χ0) is 13.9.